The molecule has 0 unspecified atom stereocenters. The van der Waals surface area contributed by atoms with E-state index in [4.69, 9.17) is 16.7 Å². The number of amidine groups is 1. The minimum absolute atomic E-state index is 0.00346. The highest BCUT2D eigenvalue weighted by atomic mass is 16.4. The van der Waals surface area contributed by atoms with Crippen molar-refractivity contribution in [3.63, 3.8) is 0 Å². The highest BCUT2D eigenvalue weighted by Crippen LogP contribution is 2.12. The molecule has 0 saturated heterocycles. The quantitative estimate of drug-likeness (QED) is 0.271. The van der Waals surface area contributed by atoms with Gasteiger partial charge in [-0.25, -0.2) is 0 Å². The number of oxime groups is 1. The second kappa shape index (κ2) is 5.63. The largest absolute Gasteiger partial charge is 0.409 e. The average molecular weight is 259 g/mol. The van der Waals surface area contributed by atoms with Crippen LogP contribution in [-0.2, 0) is 6.42 Å². The first kappa shape index (κ1) is 12.6. The first-order chi connectivity index (χ1) is 9.17. The predicted molar refractivity (Wildman–Crippen MR) is 71.1 cm³/mol. The van der Waals surface area contributed by atoms with Crippen molar-refractivity contribution in [2.75, 3.05) is 11.1 Å². The van der Waals surface area contributed by atoms with Gasteiger partial charge in [0.25, 0.3) is 0 Å². The molecule has 6 N–H and O–H groups in total. The number of nitrogens with one attached hydrogen (secondary N) is 1. The summed E-state index contributed by atoms with van der Waals surface area (Å²) in [5.41, 5.74) is 11.8. The van der Waals surface area contributed by atoms with E-state index in [1.165, 1.54) is 0 Å². The van der Waals surface area contributed by atoms with Crippen LogP contribution in [-0.4, -0.2) is 26.0 Å². The van der Waals surface area contributed by atoms with Crippen LogP contribution in [0.4, 0.5) is 17.6 Å². The van der Waals surface area contributed by atoms with Crippen LogP contribution in [0.2, 0.25) is 0 Å². The highest BCUT2D eigenvalue weighted by Gasteiger charge is 2.06. The summed E-state index contributed by atoms with van der Waals surface area (Å²) in [5.74, 6) is 0.686. The lowest BCUT2D eigenvalue weighted by Gasteiger charge is -2.06. The van der Waals surface area contributed by atoms with Crippen LogP contribution in [0.25, 0.3) is 0 Å². The Labute approximate surface area is 109 Å². The number of anilines is 3. The van der Waals surface area contributed by atoms with Crippen LogP contribution >= 0.6 is 0 Å². The molecule has 0 aliphatic rings. The molecule has 0 spiro atoms. The number of benzene rings is 1. The Bertz CT molecular complexity index is 585. The molecule has 1 aromatic heterocycles. The third kappa shape index (κ3) is 3.53. The van der Waals surface area contributed by atoms with Gasteiger partial charge < -0.3 is 22.0 Å². The first-order valence-corrected chi connectivity index (χ1v) is 5.46. The minimum Gasteiger partial charge on any atom is -0.409 e. The summed E-state index contributed by atoms with van der Waals surface area (Å²) >= 11 is 0. The van der Waals surface area contributed by atoms with Crippen molar-refractivity contribution in [1.82, 2.24) is 15.0 Å². The van der Waals surface area contributed by atoms with Crippen LogP contribution in [0.3, 0.4) is 0 Å². The first-order valence-electron chi connectivity index (χ1n) is 5.46. The summed E-state index contributed by atoms with van der Waals surface area (Å²) in [4.78, 5) is 12.0. The molecule has 0 aliphatic carbocycles. The number of hydrogen-bond donors (Lipinski definition) is 4. The fourth-order valence-electron chi connectivity index (χ4n) is 1.42. The lowest BCUT2D eigenvalue weighted by Crippen LogP contribution is -2.18. The average Bonchev–Trinajstić information content (AvgIpc) is 2.39. The molecular weight excluding hydrogens is 246 g/mol. The van der Waals surface area contributed by atoms with Crippen molar-refractivity contribution >= 4 is 23.4 Å². The summed E-state index contributed by atoms with van der Waals surface area (Å²) < 4.78 is 0. The molecule has 8 heteroatoms. The number of rotatable bonds is 4. The number of nitrogen functional groups attached to an aromatic ring is 1. The lowest BCUT2D eigenvalue weighted by atomic mass is 10.3. The van der Waals surface area contributed by atoms with Crippen LogP contribution < -0.4 is 16.8 Å². The molecule has 0 saturated carbocycles. The predicted octanol–water partition coefficient (Wildman–Crippen LogP) is 0.486. The molecular formula is C11H13N7O. The monoisotopic (exact) mass is 259 g/mol. The Morgan fingerprint density at radius 1 is 1.21 bits per heavy atom. The zero-order valence-corrected chi connectivity index (χ0v) is 9.98. The molecule has 0 bridgehead atoms. The number of nitrogens with two attached hydrogens (primary N) is 2. The Balaban J connectivity index is 2.22. The summed E-state index contributed by atoms with van der Waals surface area (Å²) in [5, 5.41) is 14.4. The van der Waals surface area contributed by atoms with Gasteiger partial charge in [-0.2, -0.15) is 15.0 Å². The van der Waals surface area contributed by atoms with Gasteiger partial charge in [0.2, 0.25) is 11.9 Å². The third-order valence-electron chi connectivity index (χ3n) is 2.20. The zero-order valence-electron chi connectivity index (χ0n) is 9.98. The molecule has 0 atom stereocenters. The number of hydrogen-bond acceptors (Lipinski definition) is 7. The van der Waals surface area contributed by atoms with Crippen molar-refractivity contribution < 1.29 is 5.21 Å². The van der Waals surface area contributed by atoms with E-state index in [2.05, 4.69) is 25.4 Å². The molecule has 19 heavy (non-hydrogen) atoms. The van der Waals surface area contributed by atoms with Crippen molar-refractivity contribution in [3.05, 3.63) is 36.2 Å². The summed E-state index contributed by atoms with van der Waals surface area (Å²) in [6.07, 6.45) is 0.0900. The molecule has 0 radical (unpaired) electrons. The van der Waals surface area contributed by atoms with Crippen LogP contribution in [0, 0.1) is 0 Å². The number of nitrogens with zero attached hydrogens (tertiary/aromatic N) is 4. The molecule has 0 fully saturated rings. The lowest BCUT2D eigenvalue weighted by molar-refractivity contribution is 0.317. The summed E-state index contributed by atoms with van der Waals surface area (Å²) in [6.45, 7) is 0. The van der Waals surface area contributed by atoms with Crippen LogP contribution in [0.5, 0.6) is 0 Å². The molecule has 8 nitrogen and oxygen atoms in total. The Hall–Kier alpha value is -2.90. The second-order valence-corrected chi connectivity index (χ2v) is 3.69. The zero-order chi connectivity index (χ0) is 13.7. The Morgan fingerprint density at radius 3 is 2.63 bits per heavy atom. The summed E-state index contributed by atoms with van der Waals surface area (Å²) in [6, 6.07) is 9.39. The minimum atomic E-state index is -0.00346. The fourth-order valence-corrected chi connectivity index (χ4v) is 1.42. The van der Waals surface area contributed by atoms with Crippen molar-refractivity contribution in [2.45, 2.75) is 6.42 Å². The van der Waals surface area contributed by atoms with Crippen LogP contribution in [0.15, 0.2) is 35.5 Å². The highest BCUT2D eigenvalue weighted by molar-refractivity contribution is 5.81. The fraction of sp³-hybridized carbons (Fsp3) is 0.0909. The molecule has 2 rings (SSSR count). The van der Waals surface area contributed by atoms with Gasteiger partial charge in [0, 0.05) is 5.69 Å². The van der Waals surface area contributed by atoms with E-state index in [1.807, 2.05) is 30.3 Å². The van der Waals surface area contributed by atoms with E-state index in [0.29, 0.717) is 11.8 Å². The Kier molecular flexibility index (Phi) is 3.72. The van der Waals surface area contributed by atoms with Crippen molar-refractivity contribution in [1.29, 1.82) is 0 Å². The van der Waals surface area contributed by atoms with Gasteiger partial charge in [-0.3, -0.25) is 0 Å². The third-order valence-corrected chi connectivity index (χ3v) is 2.20. The van der Waals surface area contributed by atoms with Gasteiger partial charge in [-0.15, -0.1) is 0 Å². The molecule has 1 aromatic carbocycles. The topological polar surface area (TPSA) is 135 Å². The van der Waals surface area contributed by atoms with Crippen LogP contribution in [0.1, 0.15) is 5.82 Å². The number of para-hydroxylation sites is 1. The smallest absolute Gasteiger partial charge is 0.232 e. The van der Waals surface area contributed by atoms with E-state index >= 15 is 0 Å². The molecule has 98 valence electrons. The molecule has 0 aliphatic heterocycles. The Morgan fingerprint density at radius 2 is 1.95 bits per heavy atom. The van der Waals surface area contributed by atoms with E-state index in [1.54, 1.807) is 0 Å². The van der Waals surface area contributed by atoms with Gasteiger partial charge in [0.15, 0.2) is 0 Å². The van der Waals surface area contributed by atoms with Gasteiger partial charge in [0.05, 0.1) is 6.42 Å². The summed E-state index contributed by atoms with van der Waals surface area (Å²) in [7, 11) is 0. The second-order valence-electron chi connectivity index (χ2n) is 3.69. The molecule has 0 amide bonds. The number of aromatic nitrogens is 3. The van der Waals surface area contributed by atoms with E-state index in [9.17, 15) is 0 Å². The van der Waals surface area contributed by atoms with Gasteiger partial charge in [-0.05, 0) is 12.1 Å². The molecule has 1 heterocycles. The van der Waals surface area contributed by atoms with E-state index < -0.39 is 0 Å². The maximum absolute atomic E-state index is 8.51. The maximum Gasteiger partial charge on any atom is 0.232 e. The maximum atomic E-state index is 8.51. The van der Waals surface area contributed by atoms with Gasteiger partial charge >= 0.3 is 0 Å². The molecule has 2 aromatic rings. The van der Waals surface area contributed by atoms with Crippen molar-refractivity contribution in [2.24, 2.45) is 10.9 Å². The van der Waals surface area contributed by atoms with Gasteiger partial charge in [-0.1, -0.05) is 23.4 Å². The van der Waals surface area contributed by atoms with E-state index in [0.717, 1.165) is 5.69 Å². The normalized spacial score (nSPS) is 11.3. The van der Waals surface area contributed by atoms with Crippen molar-refractivity contribution in [3.8, 4) is 0 Å². The van der Waals surface area contributed by atoms with E-state index in [-0.39, 0.29) is 18.2 Å². The standard InChI is InChI=1S/C11H13N7O/c12-8(18-19)6-9-15-10(13)17-11(16-9)14-7-4-2-1-3-5-7/h1-5,19H,6H2,(H2,12,18)(H3,13,14,15,16,17). The van der Waals surface area contributed by atoms with Gasteiger partial charge in [0.1, 0.15) is 11.7 Å². The SMILES string of the molecule is N/C(Cc1nc(N)nc(Nc2ccccc2)n1)=N\O.